The molecule has 0 saturated carbocycles. The van der Waals surface area contributed by atoms with Crippen LogP contribution in [0.25, 0.3) is 22.4 Å². The van der Waals surface area contributed by atoms with E-state index < -0.39 is 9.84 Å². The maximum atomic E-state index is 13.5. The molecule has 0 atom stereocenters. The Morgan fingerprint density at radius 1 is 0.917 bits per heavy atom. The summed E-state index contributed by atoms with van der Waals surface area (Å²) in [4.78, 5) is 3.59. The third kappa shape index (κ3) is 3.12. The lowest BCUT2D eigenvalue weighted by molar-refractivity contribution is 0.602. The van der Waals surface area contributed by atoms with Crippen LogP contribution in [0.3, 0.4) is 0 Å². The molecule has 3 nitrogen and oxygen atoms in total. The summed E-state index contributed by atoms with van der Waals surface area (Å²) in [6.07, 6.45) is 1.19. The maximum Gasteiger partial charge on any atom is 0.175 e. The summed E-state index contributed by atoms with van der Waals surface area (Å²) in [6, 6.07) is 13.8. The fourth-order valence-electron chi connectivity index (χ4n) is 2.73. The molecule has 0 unspecified atom stereocenters. The molecule has 0 aliphatic heterocycles. The Morgan fingerprint density at radius 2 is 1.54 bits per heavy atom. The van der Waals surface area contributed by atoms with Crippen LogP contribution < -0.4 is 0 Å². The lowest BCUT2D eigenvalue weighted by Gasteiger charge is -2.07. The second-order valence-corrected chi connectivity index (χ2v) is 8.02. The van der Waals surface area contributed by atoms with Crippen molar-refractivity contribution >= 4 is 9.84 Å². The molecule has 1 aromatic heterocycles. The van der Waals surface area contributed by atoms with E-state index in [0.29, 0.717) is 5.56 Å². The molecule has 0 saturated heterocycles. The topological polar surface area (TPSA) is 49.9 Å². The number of rotatable bonds is 3. The Balaban J connectivity index is 2.11. The zero-order chi connectivity index (χ0) is 17.5. The van der Waals surface area contributed by atoms with E-state index in [0.717, 1.165) is 28.1 Å². The summed E-state index contributed by atoms with van der Waals surface area (Å²) in [7, 11) is -3.22. The number of hydrogen-bond donors (Lipinski definition) is 1. The minimum Gasteiger partial charge on any atom is -0.358 e. The van der Waals surface area contributed by atoms with Crippen LogP contribution in [0.2, 0.25) is 0 Å². The summed E-state index contributed by atoms with van der Waals surface area (Å²) in [6.45, 7) is 3.69. The van der Waals surface area contributed by atoms with Crippen molar-refractivity contribution < 1.29 is 12.8 Å². The quantitative estimate of drug-likeness (QED) is 0.761. The third-order valence-electron chi connectivity index (χ3n) is 3.99. The van der Waals surface area contributed by atoms with E-state index in [4.69, 9.17) is 0 Å². The van der Waals surface area contributed by atoms with Crippen molar-refractivity contribution in [1.82, 2.24) is 4.98 Å². The molecule has 2 aromatic carbocycles. The SMILES string of the molecule is Cc1cc(-c2ccc(F)c(C)c2)c(-c2ccc(S(C)(=O)=O)cc2)[nH]1. The van der Waals surface area contributed by atoms with E-state index in [1.165, 1.54) is 12.3 Å². The molecule has 0 fully saturated rings. The first kappa shape index (κ1) is 16.5. The number of hydrogen-bond acceptors (Lipinski definition) is 2. The van der Waals surface area contributed by atoms with E-state index in [1.54, 1.807) is 37.3 Å². The largest absolute Gasteiger partial charge is 0.358 e. The number of nitrogens with one attached hydrogen (secondary N) is 1. The molecule has 1 N–H and O–H groups in total. The molecular formula is C19H18FNO2S. The van der Waals surface area contributed by atoms with Gasteiger partial charge in [-0.25, -0.2) is 12.8 Å². The molecule has 3 rings (SSSR count). The Kier molecular flexibility index (Phi) is 4.05. The van der Waals surface area contributed by atoms with Crippen LogP contribution >= 0.6 is 0 Å². The van der Waals surface area contributed by atoms with Crippen molar-refractivity contribution in [3.63, 3.8) is 0 Å². The Bertz CT molecular complexity index is 1000. The predicted molar refractivity (Wildman–Crippen MR) is 94.2 cm³/mol. The van der Waals surface area contributed by atoms with Crippen LogP contribution in [0.15, 0.2) is 53.4 Å². The lowest BCUT2D eigenvalue weighted by atomic mass is 10.00. The summed E-state index contributed by atoms with van der Waals surface area (Å²) < 4.78 is 36.7. The number of aryl methyl sites for hydroxylation is 2. The Morgan fingerprint density at radius 3 is 2.12 bits per heavy atom. The van der Waals surface area contributed by atoms with Gasteiger partial charge in [0.15, 0.2) is 9.84 Å². The van der Waals surface area contributed by atoms with E-state index in [-0.39, 0.29) is 10.7 Å². The smallest absolute Gasteiger partial charge is 0.175 e. The van der Waals surface area contributed by atoms with Crippen molar-refractivity contribution in [2.75, 3.05) is 6.26 Å². The molecule has 0 aliphatic rings. The Labute approximate surface area is 141 Å². The highest BCUT2D eigenvalue weighted by Crippen LogP contribution is 2.33. The van der Waals surface area contributed by atoms with E-state index >= 15 is 0 Å². The van der Waals surface area contributed by atoms with E-state index in [2.05, 4.69) is 4.98 Å². The molecule has 0 radical (unpaired) electrons. The minimum atomic E-state index is -3.22. The second kappa shape index (κ2) is 5.91. The zero-order valence-electron chi connectivity index (χ0n) is 13.7. The van der Waals surface area contributed by atoms with Crippen molar-refractivity contribution in [2.45, 2.75) is 18.7 Å². The normalized spacial score (nSPS) is 11.7. The molecule has 0 aliphatic carbocycles. The average molecular weight is 343 g/mol. The maximum absolute atomic E-state index is 13.5. The number of benzene rings is 2. The van der Waals surface area contributed by atoms with Gasteiger partial charge in [-0.15, -0.1) is 0 Å². The molecule has 3 aromatic rings. The van der Waals surface area contributed by atoms with Gasteiger partial charge in [-0.3, -0.25) is 0 Å². The standard InChI is InChI=1S/C19H18FNO2S/c1-12-10-15(6-9-18(12)20)17-11-13(2)21-19(17)14-4-7-16(8-5-14)24(3,22)23/h4-11,21H,1-3H3. The zero-order valence-corrected chi connectivity index (χ0v) is 14.5. The van der Waals surface area contributed by atoms with Gasteiger partial charge in [-0.05, 0) is 60.9 Å². The fraction of sp³-hybridized carbons (Fsp3) is 0.158. The number of H-pyrrole nitrogens is 1. The number of sulfone groups is 1. The molecule has 0 bridgehead atoms. The lowest BCUT2D eigenvalue weighted by Crippen LogP contribution is -1.96. The van der Waals surface area contributed by atoms with Gasteiger partial charge < -0.3 is 4.98 Å². The highest BCUT2D eigenvalue weighted by Gasteiger charge is 2.13. The second-order valence-electron chi connectivity index (χ2n) is 6.00. The van der Waals surface area contributed by atoms with Crippen molar-refractivity contribution in [3.05, 3.63) is 65.6 Å². The first-order valence-electron chi connectivity index (χ1n) is 7.52. The van der Waals surface area contributed by atoms with Crippen molar-refractivity contribution in [3.8, 4) is 22.4 Å². The van der Waals surface area contributed by atoms with Crippen molar-refractivity contribution in [2.24, 2.45) is 0 Å². The average Bonchev–Trinajstić information content (AvgIpc) is 2.91. The predicted octanol–water partition coefficient (Wildman–Crippen LogP) is 4.51. The number of aromatic amines is 1. The highest BCUT2D eigenvalue weighted by atomic mass is 32.2. The molecular weight excluding hydrogens is 325 g/mol. The third-order valence-corrected chi connectivity index (χ3v) is 5.12. The first-order valence-corrected chi connectivity index (χ1v) is 9.41. The molecule has 24 heavy (non-hydrogen) atoms. The molecule has 0 spiro atoms. The molecule has 1 heterocycles. The van der Waals surface area contributed by atoms with Crippen LogP contribution in [0.5, 0.6) is 0 Å². The van der Waals surface area contributed by atoms with Gasteiger partial charge in [0, 0.05) is 17.5 Å². The van der Waals surface area contributed by atoms with Crippen LogP contribution in [-0.4, -0.2) is 19.7 Å². The van der Waals surface area contributed by atoms with Gasteiger partial charge in [0.1, 0.15) is 5.82 Å². The van der Waals surface area contributed by atoms with Crippen LogP contribution in [0, 0.1) is 19.7 Å². The fourth-order valence-corrected chi connectivity index (χ4v) is 3.36. The van der Waals surface area contributed by atoms with E-state index in [9.17, 15) is 12.8 Å². The van der Waals surface area contributed by atoms with Gasteiger partial charge in [-0.1, -0.05) is 18.2 Å². The summed E-state index contributed by atoms with van der Waals surface area (Å²) in [5.41, 5.74) is 5.22. The summed E-state index contributed by atoms with van der Waals surface area (Å²) in [5, 5.41) is 0. The molecule has 5 heteroatoms. The Hall–Kier alpha value is -2.40. The number of halogens is 1. The summed E-state index contributed by atoms with van der Waals surface area (Å²) in [5.74, 6) is -0.231. The minimum absolute atomic E-state index is 0.231. The van der Waals surface area contributed by atoms with Gasteiger partial charge in [0.05, 0.1) is 10.6 Å². The van der Waals surface area contributed by atoms with Crippen LogP contribution in [-0.2, 0) is 9.84 Å². The van der Waals surface area contributed by atoms with Crippen molar-refractivity contribution in [1.29, 1.82) is 0 Å². The van der Waals surface area contributed by atoms with Gasteiger partial charge in [0.2, 0.25) is 0 Å². The van der Waals surface area contributed by atoms with Crippen LogP contribution in [0.1, 0.15) is 11.3 Å². The highest BCUT2D eigenvalue weighted by molar-refractivity contribution is 7.90. The van der Waals surface area contributed by atoms with E-state index in [1.807, 2.05) is 19.1 Å². The van der Waals surface area contributed by atoms with Gasteiger partial charge >= 0.3 is 0 Å². The van der Waals surface area contributed by atoms with Gasteiger partial charge in [-0.2, -0.15) is 0 Å². The van der Waals surface area contributed by atoms with Gasteiger partial charge in [0.25, 0.3) is 0 Å². The molecule has 0 amide bonds. The van der Waals surface area contributed by atoms with Crippen LogP contribution in [0.4, 0.5) is 4.39 Å². The monoisotopic (exact) mass is 343 g/mol. The molecule has 124 valence electrons. The summed E-state index contributed by atoms with van der Waals surface area (Å²) >= 11 is 0. The first-order chi connectivity index (χ1) is 11.3. The number of aromatic nitrogens is 1.